The maximum Gasteiger partial charge on any atom is 0.272 e. The van der Waals surface area contributed by atoms with Crippen LogP contribution < -0.4 is 20.9 Å². The summed E-state index contributed by atoms with van der Waals surface area (Å²) >= 11 is 12.8. The molecule has 1 aliphatic heterocycles. The second-order valence-corrected chi connectivity index (χ2v) is 8.06. The van der Waals surface area contributed by atoms with Crippen molar-refractivity contribution in [3.63, 3.8) is 0 Å². The van der Waals surface area contributed by atoms with Crippen LogP contribution in [0.1, 0.15) is 29.5 Å². The van der Waals surface area contributed by atoms with Crippen molar-refractivity contribution >= 4 is 34.6 Å². The van der Waals surface area contributed by atoms with E-state index in [1.54, 1.807) is 13.0 Å². The molecule has 1 unspecified atom stereocenters. The molecule has 0 aliphatic carbocycles. The molecule has 1 N–H and O–H groups in total. The Hall–Kier alpha value is -2.34. The van der Waals surface area contributed by atoms with Crippen LogP contribution in [0.4, 0.5) is 11.4 Å². The number of nitrogens with one attached hydrogen (secondary N) is 1. The van der Waals surface area contributed by atoms with Crippen molar-refractivity contribution in [2.24, 2.45) is 0 Å². The molecule has 1 heterocycles. The van der Waals surface area contributed by atoms with E-state index in [0.717, 1.165) is 35.5 Å². The minimum Gasteiger partial charge on any atom is -0.488 e. The summed E-state index contributed by atoms with van der Waals surface area (Å²) in [6.45, 7) is 3.60. The first-order chi connectivity index (χ1) is 13.9. The summed E-state index contributed by atoms with van der Waals surface area (Å²) in [5, 5.41) is 4.38. The van der Waals surface area contributed by atoms with E-state index >= 15 is 0 Å². The van der Waals surface area contributed by atoms with Gasteiger partial charge in [0.1, 0.15) is 5.69 Å². The quantitative estimate of drug-likeness (QED) is 0.611. The van der Waals surface area contributed by atoms with Gasteiger partial charge in [0.15, 0.2) is 5.75 Å². The predicted octanol–water partition coefficient (Wildman–Crippen LogP) is 4.31. The number of fused-ring (bicyclic) bond motifs is 1. The highest BCUT2D eigenvalue weighted by molar-refractivity contribution is 6.35. The molecule has 0 saturated heterocycles. The highest BCUT2D eigenvalue weighted by atomic mass is 35.5. The molecule has 0 aromatic heterocycles. The number of hydrogen-bond donors (Lipinski definition) is 1. The molecule has 0 fully saturated rings. The Kier molecular flexibility index (Phi) is 5.38. The minimum absolute atomic E-state index is 0.00525. The minimum atomic E-state index is -0.590. The van der Waals surface area contributed by atoms with Gasteiger partial charge in [0.25, 0.3) is 10.9 Å². The average molecular weight is 431 g/mol. The molecule has 1 aliphatic rings. The number of likely N-dealkylation sites (N-methyl/N-ethyl adjacent to an activating group) is 1. The van der Waals surface area contributed by atoms with Gasteiger partial charge in [0.05, 0.1) is 6.61 Å². The van der Waals surface area contributed by atoms with Crippen molar-refractivity contribution in [3.05, 3.63) is 83.6 Å². The summed E-state index contributed by atoms with van der Waals surface area (Å²) in [6, 6.07) is 11.5. The highest BCUT2D eigenvalue weighted by Gasteiger charge is 2.30. The monoisotopic (exact) mass is 430 g/mol. The lowest BCUT2D eigenvalue weighted by molar-refractivity contribution is 0.295. The molecule has 3 aromatic rings. The van der Waals surface area contributed by atoms with E-state index in [4.69, 9.17) is 27.9 Å². The first kappa shape index (κ1) is 20.0. The zero-order valence-electron chi connectivity index (χ0n) is 16.1. The van der Waals surface area contributed by atoms with Gasteiger partial charge in [-0.3, -0.25) is 9.59 Å². The number of halogens is 2. The summed E-state index contributed by atoms with van der Waals surface area (Å²) in [4.78, 5) is 26.1. The SMILES string of the molecule is CCOc1c(Nc2ccccc2C2CN(C)Cc3c(Cl)cc(Cl)cc32)c(=O)c1=O. The van der Waals surface area contributed by atoms with Crippen LogP contribution in [0.2, 0.25) is 10.0 Å². The van der Waals surface area contributed by atoms with Crippen LogP contribution in [0, 0.1) is 0 Å². The van der Waals surface area contributed by atoms with Crippen LogP contribution in [0.5, 0.6) is 5.75 Å². The van der Waals surface area contributed by atoms with Crippen molar-refractivity contribution in [1.82, 2.24) is 4.90 Å². The summed E-state index contributed by atoms with van der Waals surface area (Å²) in [5.41, 5.74) is 2.93. The molecular formula is C22H20Cl2N2O3. The first-order valence-electron chi connectivity index (χ1n) is 9.39. The third kappa shape index (κ3) is 3.54. The fraction of sp³-hybridized carbons (Fsp3) is 0.273. The van der Waals surface area contributed by atoms with E-state index in [1.165, 1.54) is 0 Å². The topological polar surface area (TPSA) is 58.6 Å². The molecule has 0 spiro atoms. The van der Waals surface area contributed by atoms with E-state index in [9.17, 15) is 9.59 Å². The van der Waals surface area contributed by atoms with Gasteiger partial charge >= 0.3 is 0 Å². The smallest absolute Gasteiger partial charge is 0.272 e. The van der Waals surface area contributed by atoms with Crippen LogP contribution >= 0.6 is 23.2 Å². The molecule has 1 atom stereocenters. The second kappa shape index (κ2) is 7.82. The molecule has 7 heteroatoms. The third-order valence-electron chi connectivity index (χ3n) is 5.24. The fourth-order valence-electron chi connectivity index (χ4n) is 3.93. The molecule has 29 heavy (non-hydrogen) atoms. The lowest BCUT2D eigenvalue weighted by Gasteiger charge is -2.34. The molecule has 0 radical (unpaired) electrons. The standard InChI is InChI=1S/C22H20Cl2N2O3/c1-3-29-22-19(20(27)21(22)28)25-18-7-5-4-6-13(18)15-10-26(2)11-16-14(15)8-12(23)9-17(16)24/h4-9,15,25H,3,10-11H2,1-2H3. The first-order valence-corrected chi connectivity index (χ1v) is 10.1. The van der Waals surface area contributed by atoms with Crippen molar-refractivity contribution in [2.75, 3.05) is 25.5 Å². The summed E-state index contributed by atoms with van der Waals surface area (Å²) in [7, 11) is 2.04. The predicted molar refractivity (Wildman–Crippen MR) is 117 cm³/mol. The number of rotatable bonds is 5. The van der Waals surface area contributed by atoms with Gasteiger partial charge in [-0.25, -0.2) is 0 Å². The Labute approximate surface area is 178 Å². The number of ether oxygens (including phenoxy) is 1. The zero-order valence-corrected chi connectivity index (χ0v) is 17.6. The number of anilines is 2. The third-order valence-corrected chi connectivity index (χ3v) is 5.80. The molecule has 3 aromatic carbocycles. The highest BCUT2D eigenvalue weighted by Crippen LogP contribution is 2.41. The molecule has 0 saturated carbocycles. The van der Waals surface area contributed by atoms with E-state index < -0.39 is 10.9 Å². The Balaban J connectivity index is 1.78. The summed E-state index contributed by atoms with van der Waals surface area (Å²) in [6.07, 6.45) is 0. The van der Waals surface area contributed by atoms with Crippen molar-refractivity contribution < 1.29 is 4.74 Å². The molecule has 0 bridgehead atoms. The van der Waals surface area contributed by atoms with Crippen LogP contribution in [-0.2, 0) is 6.54 Å². The van der Waals surface area contributed by atoms with Crippen LogP contribution in [0.3, 0.4) is 0 Å². The van der Waals surface area contributed by atoms with E-state index in [-0.39, 0.29) is 17.4 Å². The van der Waals surface area contributed by atoms with Crippen molar-refractivity contribution in [3.8, 4) is 5.75 Å². The van der Waals surface area contributed by atoms with Crippen LogP contribution in [-0.4, -0.2) is 25.1 Å². The van der Waals surface area contributed by atoms with Gasteiger partial charge in [-0.2, -0.15) is 0 Å². The molecule has 0 amide bonds. The Morgan fingerprint density at radius 3 is 2.66 bits per heavy atom. The maximum absolute atomic E-state index is 12.1. The number of hydrogen-bond acceptors (Lipinski definition) is 5. The lowest BCUT2D eigenvalue weighted by atomic mass is 9.84. The average Bonchev–Trinajstić information content (AvgIpc) is 2.71. The van der Waals surface area contributed by atoms with E-state index in [2.05, 4.69) is 10.2 Å². The molecular weight excluding hydrogens is 411 g/mol. The van der Waals surface area contributed by atoms with Gasteiger partial charge in [-0.15, -0.1) is 0 Å². The molecule has 150 valence electrons. The Morgan fingerprint density at radius 1 is 1.14 bits per heavy atom. The van der Waals surface area contributed by atoms with Gasteiger partial charge in [-0.05, 0) is 48.9 Å². The normalized spacial score (nSPS) is 16.6. The number of para-hydroxylation sites is 1. The zero-order chi connectivity index (χ0) is 20.7. The summed E-state index contributed by atoms with van der Waals surface area (Å²) in [5.74, 6) is 0.102. The van der Waals surface area contributed by atoms with Crippen molar-refractivity contribution in [1.29, 1.82) is 0 Å². The van der Waals surface area contributed by atoms with Gasteiger partial charge < -0.3 is 15.0 Å². The Morgan fingerprint density at radius 2 is 1.90 bits per heavy atom. The van der Waals surface area contributed by atoms with Gasteiger partial charge in [0, 0.05) is 34.7 Å². The van der Waals surface area contributed by atoms with Crippen LogP contribution in [0.25, 0.3) is 0 Å². The Bertz CT molecular complexity index is 1150. The number of nitrogens with zero attached hydrogens (tertiary/aromatic N) is 1. The molecule has 4 rings (SSSR count). The fourth-order valence-corrected chi connectivity index (χ4v) is 4.50. The largest absolute Gasteiger partial charge is 0.488 e. The number of benzene rings is 2. The van der Waals surface area contributed by atoms with E-state index in [1.807, 2.05) is 37.4 Å². The van der Waals surface area contributed by atoms with Gasteiger partial charge in [0.2, 0.25) is 0 Å². The van der Waals surface area contributed by atoms with E-state index in [0.29, 0.717) is 16.7 Å². The van der Waals surface area contributed by atoms with Crippen LogP contribution in [0.15, 0.2) is 46.0 Å². The summed E-state index contributed by atoms with van der Waals surface area (Å²) < 4.78 is 5.34. The second-order valence-electron chi connectivity index (χ2n) is 7.21. The van der Waals surface area contributed by atoms with Crippen molar-refractivity contribution in [2.45, 2.75) is 19.4 Å². The lowest BCUT2D eigenvalue weighted by Crippen LogP contribution is -2.35. The maximum atomic E-state index is 12.1. The molecule has 5 nitrogen and oxygen atoms in total. The van der Waals surface area contributed by atoms with Gasteiger partial charge in [-0.1, -0.05) is 41.4 Å².